The molecular formula is C8H7F9O. The molecule has 0 aromatic rings. The minimum Gasteiger partial charge on any atom is -0.299 e. The SMILES string of the molecule is CCC(=O)CC(F)(F)C(F)(F)C(F)(F)C(F)(F)F. The molecule has 1 nitrogen and oxygen atoms in total. The Balaban J connectivity index is 5.42. The van der Waals surface area contributed by atoms with Crippen LogP contribution >= 0.6 is 0 Å². The molecule has 0 spiro atoms. The Morgan fingerprint density at radius 3 is 1.50 bits per heavy atom. The fourth-order valence-electron chi connectivity index (χ4n) is 0.891. The van der Waals surface area contributed by atoms with Crippen LogP contribution in [0.2, 0.25) is 0 Å². The maximum atomic E-state index is 12.7. The topological polar surface area (TPSA) is 17.1 Å². The summed E-state index contributed by atoms with van der Waals surface area (Å²) in [5, 5.41) is 0. The van der Waals surface area contributed by atoms with Crippen molar-refractivity contribution in [2.24, 2.45) is 0 Å². The first-order valence-corrected chi connectivity index (χ1v) is 4.42. The number of carbonyl (C=O) groups is 1. The van der Waals surface area contributed by atoms with Crippen molar-refractivity contribution in [1.82, 2.24) is 0 Å². The molecule has 0 aromatic carbocycles. The summed E-state index contributed by atoms with van der Waals surface area (Å²) in [5.74, 6) is -21.0. The van der Waals surface area contributed by atoms with Gasteiger partial charge in [-0.2, -0.15) is 39.5 Å². The normalized spacial score (nSPS) is 14.8. The zero-order chi connectivity index (χ0) is 15.0. The molecule has 0 aliphatic carbocycles. The number of rotatable bonds is 5. The van der Waals surface area contributed by atoms with E-state index in [0.717, 1.165) is 6.92 Å². The number of ketones is 1. The summed E-state index contributed by atoms with van der Waals surface area (Å²) >= 11 is 0. The average Bonchev–Trinajstić information content (AvgIpc) is 2.14. The van der Waals surface area contributed by atoms with E-state index in [2.05, 4.69) is 0 Å². The third-order valence-corrected chi connectivity index (χ3v) is 2.02. The van der Waals surface area contributed by atoms with Crippen LogP contribution in [-0.4, -0.2) is 29.7 Å². The van der Waals surface area contributed by atoms with Crippen LogP contribution in [0.1, 0.15) is 19.8 Å². The van der Waals surface area contributed by atoms with E-state index in [9.17, 15) is 44.3 Å². The standard InChI is InChI=1S/C8H7F9O/c1-2-4(18)3-5(9,10)6(11,12)7(13,14)8(15,16)17/h2-3H2,1H3. The predicted octanol–water partition coefficient (Wildman–Crippen LogP) is 3.82. The smallest absolute Gasteiger partial charge is 0.299 e. The van der Waals surface area contributed by atoms with Gasteiger partial charge in [0.15, 0.2) is 0 Å². The predicted molar refractivity (Wildman–Crippen MR) is 40.8 cm³/mol. The monoisotopic (exact) mass is 290 g/mol. The van der Waals surface area contributed by atoms with E-state index >= 15 is 0 Å². The Labute approximate surface area is 94.9 Å². The molecule has 0 saturated heterocycles. The van der Waals surface area contributed by atoms with E-state index < -0.39 is 42.6 Å². The van der Waals surface area contributed by atoms with Crippen molar-refractivity contribution in [2.75, 3.05) is 0 Å². The highest BCUT2D eigenvalue weighted by molar-refractivity contribution is 5.79. The van der Waals surface area contributed by atoms with Gasteiger partial charge in [0.25, 0.3) is 0 Å². The summed E-state index contributed by atoms with van der Waals surface area (Å²) in [4.78, 5) is 10.5. The average molecular weight is 290 g/mol. The highest BCUT2D eigenvalue weighted by atomic mass is 19.4. The van der Waals surface area contributed by atoms with E-state index in [-0.39, 0.29) is 0 Å². The van der Waals surface area contributed by atoms with Crippen molar-refractivity contribution in [1.29, 1.82) is 0 Å². The third-order valence-electron chi connectivity index (χ3n) is 2.02. The van der Waals surface area contributed by atoms with Crippen molar-refractivity contribution >= 4 is 5.78 Å². The number of alkyl halides is 9. The summed E-state index contributed by atoms with van der Waals surface area (Å²) in [7, 11) is 0. The molecule has 0 fully saturated rings. The second-order valence-electron chi connectivity index (χ2n) is 3.42. The Kier molecular flexibility index (Phi) is 4.37. The number of hydrogen-bond donors (Lipinski definition) is 0. The summed E-state index contributed by atoms with van der Waals surface area (Å²) in [6.07, 6.45) is -9.93. The van der Waals surface area contributed by atoms with Crippen LogP contribution in [0.5, 0.6) is 0 Å². The Hall–Kier alpha value is -0.960. The summed E-state index contributed by atoms with van der Waals surface area (Å²) in [6.45, 7) is 0.971. The van der Waals surface area contributed by atoms with E-state index in [1.54, 1.807) is 0 Å². The van der Waals surface area contributed by atoms with Gasteiger partial charge in [0, 0.05) is 6.42 Å². The largest absolute Gasteiger partial charge is 0.460 e. The summed E-state index contributed by atoms with van der Waals surface area (Å²) in [6, 6.07) is 0. The van der Waals surface area contributed by atoms with Gasteiger partial charge in [-0.15, -0.1) is 0 Å². The Morgan fingerprint density at radius 2 is 1.22 bits per heavy atom. The van der Waals surface area contributed by atoms with Crippen LogP contribution < -0.4 is 0 Å². The number of Topliss-reactive ketones (excluding diaryl/α,β-unsaturated/α-hetero) is 1. The quantitative estimate of drug-likeness (QED) is 0.703. The molecule has 0 heterocycles. The van der Waals surface area contributed by atoms with E-state index in [1.807, 2.05) is 0 Å². The van der Waals surface area contributed by atoms with Gasteiger partial charge in [-0.25, -0.2) is 0 Å². The first-order valence-electron chi connectivity index (χ1n) is 4.42. The minimum absolute atomic E-state index is 0.691. The van der Waals surface area contributed by atoms with Crippen molar-refractivity contribution < 1.29 is 44.3 Å². The van der Waals surface area contributed by atoms with Crippen LogP contribution in [0, 0.1) is 0 Å². The van der Waals surface area contributed by atoms with E-state index in [0.29, 0.717) is 0 Å². The van der Waals surface area contributed by atoms with Gasteiger partial charge >= 0.3 is 23.9 Å². The zero-order valence-corrected chi connectivity index (χ0v) is 8.72. The molecular weight excluding hydrogens is 283 g/mol. The van der Waals surface area contributed by atoms with Crippen LogP contribution in [0.25, 0.3) is 0 Å². The summed E-state index contributed by atoms with van der Waals surface area (Å²) < 4.78 is 110. The molecule has 0 rings (SSSR count). The molecule has 0 saturated carbocycles. The van der Waals surface area contributed by atoms with Crippen LogP contribution in [0.3, 0.4) is 0 Å². The maximum absolute atomic E-state index is 12.7. The first kappa shape index (κ1) is 17.0. The molecule has 0 aromatic heterocycles. The summed E-state index contributed by atoms with van der Waals surface area (Å²) in [5.41, 5.74) is 0. The van der Waals surface area contributed by atoms with Crippen molar-refractivity contribution in [2.45, 2.75) is 43.7 Å². The van der Waals surface area contributed by atoms with Gasteiger partial charge < -0.3 is 0 Å². The molecule has 108 valence electrons. The highest BCUT2D eigenvalue weighted by Crippen LogP contribution is 2.54. The van der Waals surface area contributed by atoms with Gasteiger partial charge in [-0.3, -0.25) is 4.79 Å². The van der Waals surface area contributed by atoms with Gasteiger partial charge in [-0.05, 0) is 0 Å². The van der Waals surface area contributed by atoms with Gasteiger partial charge in [0.1, 0.15) is 5.78 Å². The highest BCUT2D eigenvalue weighted by Gasteiger charge is 2.81. The van der Waals surface area contributed by atoms with E-state index in [4.69, 9.17) is 0 Å². The lowest BCUT2D eigenvalue weighted by molar-refractivity contribution is -0.395. The van der Waals surface area contributed by atoms with Gasteiger partial charge in [0.05, 0.1) is 6.42 Å². The fraction of sp³-hybridized carbons (Fsp3) is 0.875. The molecule has 0 aliphatic heterocycles. The maximum Gasteiger partial charge on any atom is 0.460 e. The molecule has 0 radical (unpaired) electrons. The molecule has 0 N–H and O–H groups in total. The first-order chi connectivity index (χ1) is 7.70. The molecule has 10 heteroatoms. The number of halogens is 9. The fourth-order valence-corrected chi connectivity index (χ4v) is 0.891. The van der Waals surface area contributed by atoms with Crippen molar-refractivity contribution in [3.8, 4) is 0 Å². The third kappa shape index (κ3) is 2.72. The lowest BCUT2D eigenvalue weighted by atomic mass is 9.98. The Bertz CT molecular complexity index is 317. The van der Waals surface area contributed by atoms with Crippen molar-refractivity contribution in [3.05, 3.63) is 0 Å². The molecule has 0 aliphatic rings. The number of carbonyl (C=O) groups excluding carboxylic acids is 1. The second-order valence-corrected chi connectivity index (χ2v) is 3.42. The second kappa shape index (κ2) is 4.61. The molecule has 0 atom stereocenters. The van der Waals surface area contributed by atoms with Crippen molar-refractivity contribution in [3.63, 3.8) is 0 Å². The van der Waals surface area contributed by atoms with Crippen LogP contribution in [0.4, 0.5) is 39.5 Å². The van der Waals surface area contributed by atoms with Crippen LogP contribution in [-0.2, 0) is 4.79 Å². The van der Waals surface area contributed by atoms with Crippen LogP contribution in [0.15, 0.2) is 0 Å². The van der Waals surface area contributed by atoms with E-state index in [1.165, 1.54) is 0 Å². The van der Waals surface area contributed by atoms with Gasteiger partial charge in [0.2, 0.25) is 0 Å². The zero-order valence-electron chi connectivity index (χ0n) is 8.72. The minimum atomic E-state index is -6.93. The van der Waals surface area contributed by atoms with Gasteiger partial charge in [-0.1, -0.05) is 6.92 Å². The lowest BCUT2D eigenvalue weighted by Crippen LogP contribution is -2.61. The molecule has 0 amide bonds. The Morgan fingerprint density at radius 1 is 0.833 bits per heavy atom. The lowest BCUT2D eigenvalue weighted by Gasteiger charge is -2.33. The molecule has 0 unspecified atom stereocenters. The molecule has 18 heavy (non-hydrogen) atoms. The molecule has 0 bridgehead atoms. The number of hydrogen-bond acceptors (Lipinski definition) is 1.